The molecule has 0 radical (unpaired) electrons. The molecule has 1 N–H and O–H groups in total. The van der Waals surface area contributed by atoms with E-state index in [0.717, 1.165) is 6.20 Å². The van der Waals surface area contributed by atoms with Crippen LogP contribution in [-0.2, 0) is 9.53 Å². The number of carbonyl (C=O) groups excluding carboxylic acids is 1. The van der Waals surface area contributed by atoms with Gasteiger partial charge in [-0.05, 0) is 18.2 Å². The van der Waals surface area contributed by atoms with Gasteiger partial charge in [0.1, 0.15) is 12.0 Å². The van der Waals surface area contributed by atoms with E-state index in [9.17, 15) is 18.0 Å². The summed E-state index contributed by atoms with van der Waals surface area (Å²) in [6, 6.07) is 4.86. The maximum absolute atomic E-state index is 12.4. The Morgan fingerprint density at radius 3 is 2.86 bits per heavy atom. The van der Waals surface area contributed by atoms with Crippen molar-refractivity contribution in [1.29, 1.82) is 0 Å². The number of hydrogen-bond acceptors (Lipinski definition) is 4. The van der Waals surface area contributed by atoms with Crippen LogP contribution in [0.25, 0.3) is 10.9 Å². The summed E-state index contributed by atoms with van der Waals surface area (Å²) in [6.07, 6.45) is -1.21. The minimum Gasteiger partial charge on any atom is -0.463 e. The third kappa shape index (κ3) is 2.35. The summed E-state index contributed by atoms with van der Waals surface area (Å²) in [6.45, 7) is 0. The van der Waals surface area contributed by atoms with Gasteiger partial charge in [0.2, 0.25) is 5.90 Å². The zero-order valence-corrected chi connectivity index (χ0v) is 10.3. The van der Waals surface area contributed by atoms with E-state index in [1.54, 1.807) is 24.4 Å². The molecule has 8 heteroatoms. The molecular formula is C13H7F3N2O3. The summed E-state index contributed by atoms with van der Waals surface area (Å²) in [4.78, 5) is 17.6. The predicted octanol–water partition coefficient (Wildman–Crippen LogP) is 2.88. The lowest BCUT2D eigenvalue weighted by atomic mass is 10.1. The third-order valence-electron chi connectivity index (χ3n) is 2.78. The first-order valence-electron chi connectivity index (χ1n) is 5.76. The van der Waals surface area contributed by atoms with Gasteiger partial charge >= 0.3 is 12.1 Å². The number of nitrogens with one attached hydrogen (secondary N) is 1. The van der Waals surface area contributed by atoms with E-state index in [1.165, 1.54) is 6.26 Å². The van der Waals surface area contributed by atoms with Gasteiger partial charge in [0.05, 0.1) is 11.8 Å². The molecule has 0 amide bonds. The largest absolute Gasteiger partial charge is 0.491 e. The molecule has 3 rings (SSSR count). The summed E-state index contributed by atoms with van der Waals surface area (Å²) in [5, 5.41) is 0.532. The molecular weight excluding hydrogens is 289 g/mol. The van der Waals surface area contributed by atoms with Gasteiger partial charge in [-0.2, -0.15) is 13.2 Å². The van der Waals surface area contributed by atoms with Crippen molar-refractivity contribution in [2.75, 3.05) is 0 Å². The average molecular weight is 296 g/mol. The summed E-state index contributed by atoms with van der Waals surface area (Å²) < 4.78 is 46.7. The second-order valence-electron chi connectivity index (χ2n) is 4.10. The van der Waals surface area contributed by atoms with E-state index in [1.807, 2.05) is 0 Å². The number of nitrogens with zero attached hydrogens (tertiary/aromatic N) is 1. The number of esters is 1. The SMILES string of the molecule is O=C(OC1=NC=COc2ccc3[nH]ccc3c21)C(F)(F)F. The number of aliphatic imine (C=N–C) groups is 1. The molecule has 1 aliphatic heterocycles. The summed E-state index contributed by atoms with van der Waals surface area (Å²) in [7, 11) is 0. The topological polar surface area (TPSA) is 63.7 Å². The van der Waals surface area contributed by atoms with Crippen LogP contribution in [0, 0.1) is 0 Å². The molecule has 0 fully saturated rings. The van der Waals surface area contributed by atoms with Crippen LogP contribution in [0.4, 0.5) is 13.2 Å². The number of alkyl halides is 3. The van der Waals surface area contributed by atoms with Crippen molar-refractivity contribution in [3.8, 4) is 5.75 Å². The Hall–Kier alpha value is -2.77. The first-order valence-corrected chi connectivity index (χ1v) is 5.76. The van der Waals surface area contributed by atoms with E-state index in [4.69, 9.17) is 4.74 Å². The molecule has 2 aromatic rings. The van der Waals surface area contributed by atoms with Gasteiger partial charge in [-0.25, -0.2) is 9.79 Å². The second-order valence-corrected chi connectivity index (χ2v) is 4.10. The zero-order valence-electron chi connectivity index (χ0n) is 10.3. The van der Waals surface area contributed by atoms with Gasteiger partial charge < -0.3 is 14.5 Å². The molecule has 5 nitrogen and oxygen atoms in total. The van der Waals surface area contributed by atoms with Gasteiger partial charge in [-0.15, -0.1) is 0 Å². The Morgan fingerprint density at radius 1 is 1.29 bits per heavy atom. The fourth-order valence-corrected chi connectivity index (χ4v) is 1.92. The number of aromatic amines is 1. The van der Waals surface area contributed by atoms with Crippen LogP contribution in [0.1, 0.15) is 5.56 Å². The minimum atomic E-state index is -5.11. The van der Waals surface area contributed by atoms with Gasteiger partial charge in [0.25, 0.3) is 0 Å². The number of benzene rings is 1. The number of H-pyrrole nitrogens is 1. The van der Waals surface area contributed by atoms with Crippen LogP contribution in [0.5, 0.6) is 5.75 Å². The van der Waals surface area contributed by atoms with Crippen LogP contribution in [0.15, 0.2) is 41.9 Å². The highest BCUT2D eigenvalue weighted by atomic mass is 19.4. The number of halogens is 3. The molecule has 1 aliphatic rings. The number of carbonyl (C=O) groups is 1. The van der Waals surface area contributed by atoms with Crippen molar-refractivity contribution < 1.29 is 27.4 Å². The third-order valence-corrected chi connectivity index (χ3v) is 2.78. The highest BCUT2D eigenvalue weighted by Gasteiger charge is 2.42. The Balaban J connectivity index is 2.11. The Bertz CT molecular complexity index is 775. The molecule has 0 atom stereocenters. The lowest BCUT2D eigenvalue weighted by Crippen LogP contribution is -2.28. The lowest BCUT2D eigenvalue weighted by molar-refractivity contribution is -0.191. The van der Waals surface area contributed by atoms with Crippen LogP contribution in [0.2, 0.25) is 0 Å². The molecule has 0 bridgehead atoms. The zero-order chi connectivity index (χ0) is 15.0. The average Bonchev–Trinajstić information content (AvgIpc) is 2.80. The fraction of sp³-hybridized carbons (Fsp3) is 0.0769. The molecule has 0 saturated carbocycles. The molecule has 0 aliphatic carbocycles. The van der Waals surface area contributed by atoms with Crippen LogP contribution < -0.4 is 4.74 Å². The van der Waals surface area contributed by atoms with E-state index in [2.05, 4.69) is 14.7 Å². The van der Waals surface area contributed by atoms with Crippen LogP contribution >= 0.6 is 0 Å². The van der Waals surface area contributed by atoms with Crippen molar-refractivity contribution in [3.05, 3.63) is 42.4 Å². The Labute approximate surface area is 115 Å². The quantitative estimate of drug-likeness (QED) is 0.760. The Morgan fingerprint density at radius 2 is 2.10 bits per heavy atom. The maximum Gasteiger partial charge on any atom is 0.491 e. The van der Waals surface area contributed by atoms with E-state index in [0.29, 0.717) is 10.9 Å². The number of aromatic nitrogens is 1. The highest BCUT2D eigenvalue weighted by molar-refractivity contribution is 6.12. The number of ether oxygens (including phenoxy) is 2. The lowest BCUT2D eigenvalue weighted by Gasteiger charge is -2.11. The summed E-state index contributed by atoms with van der Waals surface area (Å²) in [5.74, 6) is -2.56. The normalized spacial score (nSPS) is 14.1. The predicted molar refractivity (Wildman–Crippen MR) is 66.8 cm³/mol. The number of fused-ring (bicyclic) bond motifs is 3. The highest BCUT2D eigenvalue weighted by Crippen LogP contribution is 2.31. The molecule has 0 unspecified atom stereocenters. The van der Waals surface area contributed by atoms with Crippen molar-refractivity contribution >= 4 is 22.8 Å². The van der Waals surface area contributed by atoms with Crippen molar-refractivity contribution in [1.82, 2.24) is 4.98 Å². The minimum absolute atomic E-state index is 0.177. The van der Waals surface area contributed by atoms with Gasteiger partial charge in [-0.1, -0.05) is 0 Å². The standard InChI is InChI=1S/C13H7F3N2O3/c14-13(15,16)12(19)21-11-10-7-3-4-17-8(7)1-2-9(10)20-6-5-18-11/h1-6,17H. The van der Waals surface area contributed by atoms with Crippen LogP contribution in [0.3, 0.4) is 0 Å². The van der Waals surface area contributed by atoms with Crippen molar-refractivity contribution in [3.63, 3.8) is 0 Å². The summed E-state index contributed by atoms with van der Waals surface area (Å²) >= 11 is 0. The Kier molecular flexibility index (Phi) is 2.93. The first kappa shape index (κ1) is 13.2. The van der Waals surface area contributed by atoms with E-state index in [-0.39, 0.29) is 11.3 Å². The van der Waals surface area contributed by atoms with Crippen molar-refractivity contribution in [2.24, 2.45) is 4.99 Å². The smallest absolute Gasteiger partial charge is 0.463 e. The number of rotatable bonds is 0. The molecule has 108 valence electrons. The maximum atomic E-state index is 12.4. The van der Waals surface area contributed by atoms with Crippen LogP contribution in [-0.4, -0.2) is 23.0 Å². The molecule has 0 spiro atoms. The van der Waals surface area contributed by atoms with Gasteiger partial charge in [-0.3, -0.25) is 0 Å². The van der Waals surface area contributed by atoms with Gasteiger partial charge in [0, 0.05) is 17.1 Å². The van der Waals surface area contributed by atoms with Gasteiger partial charge in [0.15, 0.2) is 0 Å². The molecule has 1 aromatic carbocycles. The number of hydrogen-bond donors (Lipinski definition) is 1. The van der Waals surface area contributed by atoms with E-state index < -0.39 is 18.0 Å². The fourth-order valence-electron chi connectivity index (χ4n) is 1.92. The monoisotopic (exact) mass is 296 g/mol. The molecule has 2 heterocycles. The van der Waals surface area contributed by atoms with Crippen molar-refractivity contribution in [2.45, 2.75) is 6.18 Å². The second kappa shape index (κ2) is 4.65. The summed E-state index contributed by atoms with van der Waals surface area (Å²) in [5.41, 5.74) is 0.825. The first-order chi connectivity index (χ1) is 9.97. The molecule has 21 heavy (non-hydrogen) atoms. The molecule has 1 aromatic heterocycles. The van der Waals surface area contributed by atoms with E-state index >= 15 is 0 Å². The molecule has 0 saturated heterocycles.